The molecule has 0 spiro atoms. The number of nitrogens with one attached hydrogen (secondary N) is 1. The molecule has 16 heavy (non-hydrogen) atoms. The summed E-state index contributed by atoms with van der Waals surface area (Å²) in [5.74, 6) is -0.822. The van der Waals surface area contributed by atoms with E-state index in [1.54, 1.807) is 11.3 Å². The summed E-state index contributed by atoms with van der Waals surface area (Å²) >= 11 is 1.62. The van der Waals surface area contributed by atoms with Crippen LogP contribution in [0.1, 0.15) is 11.8 Å². The van der Waals surface area contributed by atoms with Gasteiger partial charge in [0.1, 0.15) is 5.75 Å². The summed E-state index contributed by atoms with van der Waals surface area (Å²) in [6.45, 7) is 2.02. The Morgan fingerprint density at radius 3 is 2.81 bits per heavy atom. The van der Waals surface area contributed by atoms with Crippen LogP contribution in [0.15, 0.2) is 17.5 Å². The van der Waals surface area contributed by atoms with Crippen LogP contribution in [0.3, 0.4) is 0 Å². The summed E-state index contributed by atoms with van der Waals surface area (Å²) in [6, 6.07) is 3.93. The highest BCUT2D eigenvalue weighted by molar-refractivity contribution is 7.92. The summed E-state index contributed by atoms with van der Waals surface area (Å²) in [5.41, 5.74) is 0. The SMILES string of the molecule is CCS(=O)(=O)CC(=O)NCCc1cccs1. The molecule has 1 aromatic rings. The van der Waals surface area contributed by atoms with Crippen molar-refractivity contribution < 1.29 is 13.2 Å². The van der Waals surface area contributed by atoms with Gasteiger partial charge in [-0.2, -0.15) is 0 Å². The molecule has 1 rings (SSSR count). The van der Waals surface area contributed by atoms with Gasteiger partial charge in [-0.05, 0) is 17.9 Å². The van der Waals surface area contributed by atoms with Gasteiger partial charge in [-0.25, -0.2) is 8.42 Å². The number of hydrogen-bond acceptors (Lipinski definition) is 4. The fourth-order valence-corrected chi connectivity index (χ4v) is 2.55. The number of carbonyl (C=O) groups is 1. The fourth-order valence-electron chi connectivity index (χ4n) is 1.13. The van der Waals surface area contributed by atoms with Crippen LogP contribution < -0.4 is 5.32 Å². The average Bonchev–Trinajstić information content (AvgIpc) is 2.70. The maximum atomic E-state index is 11.3. The normalized spacial score (nSPS) is 11.3. The lowest BCUT2D eigenvalue weighted by Crippen LogP contribution is -2.32. The van der Waals surface area contributed by atoms with Gasteiger partial charge < -0.3 is 5.32 Å². The molecule has 0 aliphatic carbocycles. The first-order valence-electron chi connectivity index (χ1n) is 5.03. The Kier molecular flexibility index (Phi) is 4.95. The molecule has 90 valence electrons. The van der Waals surface area contributed by atoms with Crippen LogP contribution in [-0.4, -0.2) is 32.4 Å². The van der Waals surface area contributed by atoms with Crippen molar-refractivity contribution in [3.8, 4) is 0 Å². The number of sulfone groups is 1. The van der Waals surface area contributed by atoms with Crippen molar-refractivity contribution >= 4 is 27.1 Å². The second-order valence-electron chi connectivity index (χ2n) is 3.36. The van der Waals surface area contributed by atoms with E-state index in [0.29, 0.717) is 6.54 Å². The zero-order valence-electron chi connectivity index (χ0n) is 9.10. The summed E-state index contributed by atoms with van der Waals surface area (Å²) < 4.78 is 22.3. The first kappa shape index (κ1) is 13.2. The standard InChI is InChI=1S/C10H15NO3S2/c1-2-16(13,14)8-10(12)11-6-5-9-4-3-7-15-9/h3-4,7H,2,5-6,8H2,1H3,(H,11,12). The number of carbonyl (C=O) groups excluding carboxylic acids is 1. The van der Waals surface area contributed by atoms with E-state index >= 15 is 0 Å². The summed E-state index contributed by atoms with van der Waals surface area (Å²) in [7, 11) is -3.21. The van der Waals surface area contributed by atoms with Gasteiger partial charge in [0.05, 0.1) is 0 Å². The van der Waals surface area contributed by atoms with Crippen molar-refractivity contribution in [3.05, 3.63) is 22.4 Å². The predicted octanol–water partition coefficient (Wildman–Crippen LogP) is 0.841. The van der Waals surface area contributed by atoms with Gasteiger partial charge in [0.2, 0.25) is 5.91 Å². The molecular weight excluding hydrogens is 246 g/mol. The minimum absolute atomic E-state index is 0.00530. The van der Waals surface area contributed by atoms with Gasteiger partial charge in [0.15, 0.2) is 9.84 Å². The molecule has 0 bridgehead atoms. The molecule has 0 aliphatic rings. The molecule has 0 aromatic carbocycles. The van der Waals surface area contributed by atoms with Crippen molar-refractivity contribution in [2.24, 2.45) is 0 Å². The van der Waals surface area contributed by atoms with E-state index in [9.17, 15) is 13.2 Å². The topological polar surface area (TPSA) is 63.2 Å². The molecule has 0 unspecified atom stereocenters. The number of amides is 1. The van der Waals surface area contributed by atoms with Crippen molar-refractivity contribution in [1.29, 1.82) is 0 Å². The molecule has 0 atom stereocenters. The van der Waals surface area contributed by atoms with E-state index in [1.165, 1.54) is 11.8 Å². The number of rotatable bonds is 6. The number of thiophene rings is 1. The molecule has 6 heteroatoms. The van der Waals surface area contributed by atoms with Crippen LogP contribution in [0, 0.1) is 0 Å². The van der Waals surface area contributed by atoms with Crippen LogP contribution >= 0.6 is 11.3 Å². The molecule has 0 radical (unpaired) electrons. The van der Waals surface area contributed by atoms with Gasteiger partial charge in [-0.15, -0.1) is 11.3 Å². The molecule has 4 nitrogen and oxygen atoms in total. The Morgan fingerprint density at radius 2 is 2.25 bits per heavy atom. The van der Waals surface area contributed by atoms with Gasteiger partial charge in [0.25, 0.3) is 0 Å². The maximum absolute atomic E-state index is 11.3. The molecule has 1 amide bonds. The van der Waals surface area contributed by atoms with Gasteiger partial charge >= 0.3 is 0 Å². The molecule has 0 fully saturated rings. The maximum Gasteiger partial charge on any atom is 0.235 e. The van der Waals surface area contributed by atoms with Gasteiger partial charge in [-0.3, -0.25) is 4.79 Å². The van der Waals surface area contributed by atoms with Crippen molar-refractivity contribution in [2.75, 3.05) is 18.1 Å². The van der Waals surface area contributed by atoms with Crippen LogP contribution in [0.4, 0.5) is 0 Å². The summed E-state index contributed by atoms with van der Waals surface area (Å²) in [6.07, 6.45) is 0.746. The third-order valence-corrected chi connectivity index (χ3v) is 4.58. The highest BCUT2D eigenvalue weighted by atomic mass is 32.2. The van der Waals surface area contributed by atoms with E-state index < -0.39 is 21.5 Å². The van der Waals surface area contributed by atoms with Gasteiger partial charge in [0, 0.05) is 17.2 Å². The van der Waals surface area contributed by atoms with E-state index in [4.69, 9.17) is 0 Å². The first-order chi connectivity index (χ1) is 7.53. The second kappa shape index (κ2) is 6.00. The van der Waals surface area contributed by atoms with E-state index in [1.807, 2.05) is 17.5 Å². The van der Waals surface area contributed by atoms with Crippen molar-refractivity contribution in [1.82, 2.24) is 5.32 Å². The second-order valence-corrected chi connectivity index (χ2v) is 6.74. The smallest absolute Gasteiger partial charge is 0.235 e. The van der Waals surface area contributed by atoms with Crippen LogP contribution in [-0.2, 0) is 21.1 Å². The zero-order valence-corrected chi connectivity index (χ0v) is 10.7. The molecule has 0 saturated carbocycles. The Morgan fingerprint density at radius 1 is 1.50 bits per heavy atom. The Labute approximate surface area is 99.6 Å². The van der Waals surface area contributed by atoms with Crippen LogP contribution in [0.5, 0.6) is 0 Å². The largest absolute Gasteiger partial charge is 0.355 e. The zero-order chi connectivity index (χ0) is 12.0. The fraction of sp³-hybridized carbons (Fsp3) is 0.500. The first-order valence-corrected chi connectivity index (χ1v) is 7.73. The molecule has 1 N–H and O–H groups in total. The Balaban J connectivity index is 2.26. The van der Waals surface area contributed by atoms with Crippen LogP contribution in [0.2, 0.25) is 0 Å². The summed E-state index contributed by atoms with van der Waals surface area (Å²) in [4.78, 5) is 12.4. The monoisotopic (exact) mass is 261 g/mol. The molecule has 1 heterocycles. The molecular formula is C10H15NO3S2. The Bertz CT molecular complexity index is 423. The Hall–Kier alpha value is -0.880. The lowest BCUT2D eigenvalue weighted by Gasteiger charge is -2.03. The van der Waals surface area contributed by atoms with Crippen molar-refractivity contribution in [2.45, 2.75) is 13.3 Å². The van der Waals surface area contributed by atoms with Gasteiger partial charge in [-0.1, -0.05) is 13.0 Å². The van der Waals surface area contributed by atoms with E-state index in [-0.39, 0.29) is 5.75 Å². The number of hydrogen-bond donors (Lipinski definition) is 1. The molecule has 1 aromatic heterocycles. The lowest BCUT2D eigenvalue weighted by atomic mass is 10.3. The molecule has 0 saturated heterocycles. The van der Waals surface area contributed by atoms with Crippen molar-refractivity contribution in [3.63, 3.8) is 0 Å². The minimum atomic E-state index is -3.21. The third-order valence-electron chi connectivity index (χ3n) is 2.06. The summed E-state index contributed by atoms with van der Waals surface area (Å²) in [5, 5.41) is 4.57. The molecule has 0 aliphatic heterocycles. The minimum Gasteiger partial charge on any atom is -0.355 e. The third kappa shape index (κ3) is 4.76. The quantitative estimate of drug-likeness (QED) is 0.825. The van der Waals surface area contributed by atoms with Crippen LogP contribution in [0.25, 0.3) is 0 Å². The predicted molar refractivity (Wildman–Crippen MR) is 65.4 cm³/mol. The van der Waals surface area contributed by atoms with E-state index in [2.05, 4.69) is 5.32 Å². The highest BCUT2D eigenvalue weighted by Crippen LogP contribution is 2.07. The van der Waals surface area contributed by atoms with E-state index in [0.717, 1.165) is 6.42 Å². The average molecular weight is 261 g/mol. The lowest BCUT2D eigenvalue weighted by molar-refractivity contribution is -0.118. The highest BCUT2D eigenvalue weighted by Gasteiger charge is 2.13.